The largest absolute Gasteiger partial charge is 0.375 e. The summed E-state index contributed by atoms with van der Waals surface area (Å²) in [6, 6.07) is 17.3. The lowest BCUT2D eigenvalue weighted by atomic mass is 9.71. The molecule has 5 nitrogen and oxygen atoms in total. The molecular formula is C31H37N5. The molecule has 1 saturated heterocycles. The van der Waals surface area contributed by atoms with Crippen molar-refractivity contribution in [3.05, 3.63) is 107 Å². The van der Waals surface area contributed by atoms with Crippen molar-refractivity contribution in [1.29, 1.82) is 0 Å². The van der Waals surface area contributed by atoms with E-state index in [9.17, 15) is 0 Å². The zero-order valence-electron chi connectivity index (χ0n) is 22.0. The molecule has 1 atom stereocenters. The van der Waals surface area contributed by atoms with Gasteiger partial charge in [-0.25, -0.2) is 4.98 Å². The molecule has 4 aromatic rings. The van der Waals surface area contributed by atoms with E-state index >= 15 is 0 Å². The molecule has 1 unspecified atom stereocenters. The summed E-state index contributed by atoms with van der Waals surface area (Å²) in [6.07, 6.45) is 6.69. The highest BCUT2D eigenvalue weighted by atomic mass is 15.1. The SMILES string of the molecule is C=C(C)N1CCC(C(N)(c2ccc3nc(C)c(Cc4ccccc4)c(C)c3c2)c2cncn2C)CC1. The Balaban J connectivity index is 1.61. The molecule has 2 aromatic carbocycles. The first-order chi connectivity index (χ1) is 17.3. The van der Waals surface area contributed by atoms with Crippen molar-refractivity contribution in [2.45, 2.75) is 45.6 Å². The number of fused-ring (bicyclic) bond motifs is 1. The topological polar surface area (TPSA) is 60.0 Å². The molecule has 2 N–H and O–H groups in total. The summed E-state index contributed by atoms with van der Waals surface area (Å²) in [6.45, 7) is 12.5. The normalized spacial score (nSPS) is 16.3. The molecule has 0 bridgehead atoms. The van der Waals surface area contributed by atoms with Crippen LogP contribution >= 0.6 is 0 Å². The first kappa shape index (κ1) is 24.3. The zero-order valence-corrected chi connectivity index (χ0v) is 22.0. The molecule has 1 fully saturated rings. The number of aromatic nitrogens is 3. The molecule has 0 saturated carbocycles. The van der Waals surface area contributed by atoms with Crippen molar-refractivity contribution < 1.29 is 0 Å². The molecule has 0 radical (unpaired) electrons. The number of allylic oxidation sites excluding steroid dienone is 1. The van der Waals surface area contributed by atoms with Crippen molar-refractivity contribution in [3.63, 3.8) is 0 Å². The van der Waals surface area contributed by atoms with Gasteiger partial charge in [0.15, 0.2) is 0 Å². The van der Waals surface area contributed by atoms with Crippen LogP contribution in [0.5, 0.6) is 0 Å². The second kappa shape index (κ2) is 9.55. The number of nitrogens with two attached hydrogens (primary N) is 1. The number of hydrogen-bond acceptors (Lipinski definition) is 4. The maximum Gasteiger partial charge on any atom is 0.0946 e. The van der Waals surface area contributed by atoms with Crippen molar-refractivity contribution in [2.24, 2.45) is 18.7 Å². The van der Waals surface area contributed by atoms with E-state index in [-0.39, 0.29) is 0 Å². The number of rotatable bonds is 6. The Kier molecular flexibility index (Phi) is 6.44. The Morgan fingerprint density at radius 2 is 1.83 bits per heavy atom. The average Bonchev–Trinajstić information content (AvgIpc) is 3.33. The molecule has 186 valence electrons. The van der Waals surface area contributed by atoms with Gasteiger partial charge in [-0.2, -0.15) is 0 Å². The summed E-state index contributed by atoms with van der Waals surface area (Å²) in [7, 11) is 2.04. The van der Waals surface area contributed by atoms with E-state index in [2.05, 4.69) is 90.3 Å². The highest BCUT2D eigenvalue weighted by Gasteiger charge is 2.42. The molecular weight excluding hydrogens is 442 g/mol. The van der Waals surface area contributed by atoms with Crippen LogP contribution in [0.4, 0.5) is 0 Å². The Hall–Kier alpha value is -3.44. The number of benzene rings is 2. The number of hydrogen-bond donors (Lipinski definition) is 1. The predicted molar refractivity (Wildman–Crippen MR) is 148 cm³/mol. The monoisotopic (exact) mass is 479 g/mol. The number of piperidine rings is 1. The van der Waals surface area contributed by atoms with Gasteiger partial charge in [0.2, 0.25) is 0 Å². The van der Waals surface area contributed by atoms with E-state index in [0.717, 1.165) is 60.5 Å². The van der Waals surface area contributed by atoms with Gasteiger partial charge in [-0.1, -0.05) is 43.0 Å². The van der Waals surface area contributed by atoms with Crippen molar-refractivity contribution in [1.82, 2.24) is 19.4 Å². The molecule has 5 heteroatoms. The Labute approximate surface area is 214 Å². The maximum atomic E-state index is 7.49. The van der Waals surface area contributed by atoms with E-state index in [1.165, 1.54) is 22.1 Å². The number of aryl methyl sites for hydroxylation is 3. The van der Waals surface area contributed by atoms with Crippen molar-refractivity contribution >= 4 is 10.9 Å². The molecule has 0 aliphatic carbocycles. The van der Waals surface area contributed by atoms with Gasteiger partial charge in [0.1, 0.15) is 0 Å². The molecule has 0 spiro atoms. The number of likely N-dealkylation sites (tertiary alicyclic amines) is 1. The molecule has 0 amide bonds. The van der Waals surface area contributed by atoms with Crippen LogP contribution in [0.1, 0.15) is 53.4 Å². The fraction of sp³-hybridized carbons (Fsp3) is 0.355. The maximum absolute atomic E-state index is 7.49. The van der Waals surface area contributed by atoms with Gasteiger partial charge in [0, 0.05) is 36.9 Å². The fourth-order valence-electron chi connectivity index (χ4n) is 6.00. The first-order valence-corrected chi connectivity index (χ1v) is 12.9. The van der Waals surface area contributed by atoms with Gasteiger partial charge in [0.25, 0.3) is 0 Å². The van der Waals surface area contributed by atoms with Crippen LogP contribution in [-0.2, 0) is 19.0 Å². The third-order valence-corrected chi connectivity index (χ3v) is 8.20. The summed E-state index contributed by atoms with van der Waals surface area (Å²) in [5.74, 6) is 0.295. The van der Waals surface area contributed by atoms with Crippen LogP contribution in [0.25, 0.3) is 10.9 Å². The van der Waals surface area contributed by atoms with Gasteiger partial charge < -0.3 is 15.2 Å². The quantitative estimate of drug-likeness (QED) is 0.390. The molecule has 1 aliphatic rings. The lowest BCUT2D eigenvalue weighted by molar-refractivity contribution is 0.169. The van der Waals surface area contributed by atoms with E-state index in [1.807, 2.05) is 19.6 Å². The number of imidazole rings is 1. The van der Waals surface area contributed by atoms with E-state index < -0.39 is 5.54 Å². The second-order valence-electron chi connectivity index (χ2n) is 10.5. The molecule has 2 aromatic heterocycles. The summed E-state index contributed by atoms with van der Waals surface area (Å²) >= 11 is 0. The third kappa shape index (κ3) is 4.22. The van der Waals surface area contributed by atoms with E-state index in [1.54, 1.807) is 0 Å². The minimum Gasteiger partial charge on any atom is -0.375 e. The van der Waals surface area contributed by atoms with Crippen LogP contribution in [0.15, 0.2) is 73.3 Å². The van der Waals surface area contributed by atoms with Gasteiger partial charge in [-0.05, 0) is 80.3 Å². The van der Waals surface area contributed by atoms with Crippen molar-refractivity contribution in [3.8, 4) is 0 Å². The summed E-state index contributed by atoms with van der Waals surface area (Å²) in [5.41, 5.74) is 16.2. The van der Waals surface area contributed by atoms with Crippen LogP contribution in [0.2, 0.25) is 0 Å². The van der Waals surface area contributed by atoms with Gasteiger partial charge >= 0.3 is 0 Å². The van der Waals surface area contributed by atoms with Crippen LogP contribution in [-0.4, -0.2) is 32.5 Å². The lowest BCUT2D eigenvalue weighted by Gasteiger charge is -2.43. The Morgan fingerprint density at radius 1 is 1.11 bits per heavy atom. The number of pyridine rings is 1. The minimum atomic E-state index is -0.641. The zero-order chi connectivity index (χ0) is 25.4. The van der Waals surface area contributed by atoms with Gasteiger partial charge in [-0.15, -0.1) is 0 Å². The van der Waals surface area contributed by atoms with Gasteiger partial charge in [0.05, 0.1) is 29.3 Å². The van der Waals surface area contributed by atoms with Crippen LogP contribution in [0, 0.1) is 19.8 Å². The van der Waals surface area contributed by atoms with Crippen LogP contribution in [0.3, 0.4) is 0 Å². The highest BCUT2D eigenvalue weighted by Crippen LogP contribution is 2.41. The van der Waals surface area contributed by atoms with Crippen LogP contribution < -0.4 is 5.73 Å². The molecule has 3 heterocycles. The van der Waals surface area contributed by atoms with Gasteiger partial charge in [-0.3, -0.25) is 4.98 Å². The fourth-order valence-corrected chi connectivity index (χ4v) is 6.00. The average molecular weight is 480 g/mol. The Bertz CT molecular complexity index is 1400. The third-order valence-electron chi connectivity index (χ3n) is 8.20. The second-order valence-corrected chi connectivity index (χ2v) is 10.5. The standard InChI is InChI=1S/C31H37N5/c1-21(2)36-15-13-25(14-16-36)31(32,30-19-33-20-35(30)5)26-11-12-29-28(18-26)22(3)27(23(4)34-29)17-24-9-7-6-8-10-24/h6-12,18-20,25H,1,13-17,32H2,2-5H3. The van der Waals surface area contributed by atoms with E-state index in [0.29, 0.717) is 5.92 Å². The molecule has 1 aliphatic heterocycles. The summed E-state index contributed by atoms with van der Waals surface area (Å²) in [4.78, 5) is 11.8. The Morgan fingerprint density at radius 3 is 2.47 bits per heavy atom. The smallest absolute Gasteiger partial charge is 0.0946 e. The minimum absolute atomic E-state index is 0.295. The molecule has 5 rings (SSSR count). The lowest BCUT2D eigenvalue weighted by Crippen LogP contribution is -2.50. The molecule has 36 heavy (non-hydrogen) atoms. The highest BCUT2D eigenvalue weighted by molar-refractivity contribution is 5.84. The predicted octanol–water partition coefficient (Wildman–Crippen LogP) is 5.62. The number of nitrogens with zero attached hydrogens (tertiary/aromatic N) is 4. The van der Waals surface area contributed by atoms with Crippen molar-refractivity contribution in [2.75, 3.05) is 13.1 Å². The van der Waals surface area contributed by atoms with E-state index in [4.69, 9.17) is 10.7 Å². The summed E-state index contributed by atoms with van der Waals surface area (Å²) < 4.78 is 2.08. The first-order valence-electron chi connectivity index (χ1n) is 12.9. The summed E-state index contributed by atoms with van der Waals surface area (Å²) in [5, 5.41) is 1.18.